The van der Waals surface area contributed by atoms with Crippen molar-refractivity contribution in [1.29, 1.82) is 0 Å². The summed E-state index contributed by atoms with van der Waals surface area (Å²) in [4.78, 5) is 0. The Labute approximate surface area is 163 Å². The van der Waals surface area contributed by atoms with E-state index in [1.165, 1.54) is 0 Å². The van der Waals surface area contributed by atoms with E-state index in [0.29, 0.717) is 11.5 Å². The van der Waals surface area contributed by atoms with Gasteiger partial charge in [0.15, 0.2) is 6.79 Å². The maximum atomic E-state index is 5.96. The van der Waals surface area contributed by atoms with Crippen LogP contribution in [-0.2, 0) is 4.74 Å². The van der Waals surface area contributed by atoms with Gasteiger partial charge in [0.2, 0.25) is 0 Å². The number of hydrogen-bond donors (Lipinski definition) is 1. The maximum Gasteiger partial charge on any atom is 0.188 e. The summed E-state index contributed by atoms with van der Waals surface area (Å²) < 4.78 is 16.3. The van der Waals surface area contributed by atoms with Crippen LogP contribution in [0.5, 0.6) is 17.2 Å². The Hall–Kier alpha value is -3.57. The zero-order chi connectivity index (χ0) is 19.2. The summed E-state index contributed by atoms with van der Waals surface area (Å²) in [6, 6.07) is 23.5. The van der Waals surface area contributed by atoms with Gasteiger partial charge in [-0.3, -0.25) is 5.10 Å². The van der Waals surface area contributed by atoms with Gasteiger partial charge < -0.3 is 14.2 Å². The zero-order valence-electron chi connectivity index (χ0n) is 15.5. The smallest absolute Gasteiger partial charge is 0.188 e. The molecule has 0 spiro atoms. The Bertz CT molecular complexity index is 1090. The van der Waals surface area contributed by atoms with Gasteiger partial charge in [-0.2, -0.15) is 5.10 Å². The van der Waals surface area contributed by atoms with Crippen LogP contribution >= 0.6 is 0 Å². The van der Waals surface area contributed by atoms with E-state index in [4.69, 9.17) is 14.2 Å². The van der Waals surface area contributed by atoms with E-state index >= 15 is 0 Å². The van der Waals surface area contributed by atoms with Gasteiger partial charge in [0.05, 0.1) is 11.2 Å². The summed E-state index contributed by atoms with van der Waals surface area (Å²) in [6.07, 6.45) is 4.05. The number of hydrogen-bond acceptors (Lipinski definition) is 4. The predicted molar refractivity (Wildman–Crippen MR) is 110 cm³/mol. The third-order valence-corrected chi connectivity index (χ3v) is 4.18. The molecule has 0 aliphatic rings. The molecule has 4 rings (SSSR count). The summed E-state index contributed by atoms with van der Waals surface area (Å²) in [5.74, 6) is 2.10. The fraction of sp³-hybridized carbons (Fsp3) is 0.0870. The molecule has 1 aromatic heterocycles. The Balaban J connectivity index is 1.52. The van der Waals surface area contributed by atoms with E-state index in [0.717, 1.165) is 27.9 Å². The molecule has 0 radical (unpaired) electrons. The predicted octanol–water partition coefficient (Wildman–Crippen LogP) is 5.51. The Morgan fingerprint density at radius 1 is 0.857 bits per heavy atom. The van der Waals surface area contributed by atoms with E-state index < -0.39 is 0 Å². The van der Waals surface area contributed by atoms with Gasteiger partial charge in [0.1, 0.15) is 17.2 Å². The molecular formula is C23H20N2O3. The number of methoxy groups -OCH3 is 1. The van der Waals surface area contributed by atoms with Crippen LogP contribution in [0, 0.1) is 0 Å². The van der Waals surface area contributed by atoms with Crippen LogP contribution in [0.1, 0.15) is 11.3 Å². The number of ether oxygens (including phenoxy) is 3. The van der Waals surface area contributed by atoms with Crippen molar-refractivity contribution in [1.82, 2.24) is 10.2 Å². The molecule has 0 saturated heterocycles. The molecule has 0 fully saturated rings. The average Bonchev–Trinajstić information content (AvgIpc) is 3.14. The summed E-state index contributed by atoms with van der Waals surface area (Å²) in [5, 5.41) is 8.51. The first-order chi connectivity index (χ1) is 13.8. The number of H-pyrrole nitrogens is 1. The molecule has 0 saturated carbocycles. The van der Waals surface area contributed by atoms with Crippen molar-refractivity contribution in [2.75, 3.05) is 13.9 Å². The Morgan fingerprint density at radius 2 is 1.68 bits per heavy atom. The minimum Gasteiger partial charge on any atom is -0.467 e. The van der Waals surface area contributed by atoms with Crippen molar-refractivity contribution in [3.63, 3.8) is 0 Å². The molecular weight excluding hydrogens is 352 g/mol. The first-order valence-electron chi connectivity index (χ1n) is 8.93. The molecule has 140 valence electrons. The molecule has 0 atom stereocenters. The quantitative estimate of drug-likeness (QED) is 0.435. The van der Waals surface area contributed by atoms with Crippen molar-refractivity contribution in [2.45, 2.75) is 0 Å². The molecule has 4 aromatic rings. The van der Waals surface area contributed by atoms with Crippen molar-refractivity contribution < 1.29 is 14.2 Å². The van der Waals surface area contributed by atoms with Gasteiger partial charge in [0.25, 0.3) is 0 Å². The molecule has 1 N–H and O–H groups in total. The standard InChI is InChI=1S/C23H20N2O3/c1-26-16-27-18-8-5-9-19(14-18)28-20-11-12-21-22(24-25-23(21)15-20)13-10-17-6-3-2-4-7-17/h2-15H,16H2,1H3,(H,24,25). The summed E-state index contributed by atoms with van der Waals surface area (Å²) in [6.45, 7) is 0.197. The second-order valence-corrected chi connectivity index (χ2v) is 6.19. The van der Waals surface area contributed by atoms with Crippen molar-refractivity contribution in [2.24, 2.45) is 0 Å². The van der Waals surface area contributed by atoms with Gasteiger partial charge in [-0.05, 0) is 35.9 Å². The molecule has 28 heavy (non-hydrogen) atoms. The number of nitrogens with one attached hydrogen (secondary N) is 1. The van der Waals surface area contributed by atoms with Crippen molar-refractivity contribution in [3.8, 4) is 17.2 Å². The first-order valence-corrected chi connectivity index (χ1v) is 8.93. The molecule has 0 bridgehead atoms. The van der Waals surface area contributed by atoms with Crippen molar-refractivity contribution in [3.05, 3.63) is 84.1 Å². The van der Waals surface area contributed by atoms with Gasteiger partial charge in [-0.1, -0.05) is 42.5 Å². The second-order valence-electron chi connectivity index (χ2n) is 6.19. The third kappa shape index (κ3) is 4.22. The van der Waals surface area contributed by atoms with Gasteiger partial charge in [-0.25, -0.2) is 0 Å². The highest BCUT2D eigenvalue weighted by Gasteiger charge is 2.06. The van der Waals surface area contributed by atoms with Crippen LogP contribution in [0.3, 0.4) is 0 Å². The molecule has 0 aliphatic heterocycles. The lowest BCUT2D eigenvalue weighted by molar-refractivity contribution is 0.0510. The molecule has 5 nitrogen and oxygen atoms in total. The van der Waals surface area contributed by atoms with E-state index in [2.05, 4.69) is 22.3 Å². The lowest BCUT2D eigenvalue weighted by Crippen LogP contribution is -1.98. The maximum absolute atomic E-state index is 5.96. The lowest BCUT2D eigenvalue weighted by atomic mass is 10.1. The minimum atomic E-state index is 0.197. The summed E-state index contributed by atoms with van der Waals surface area (Å²) in [7, 11) is 1.59. The van der Waals surface area contributed by atoms with E-state index in [1.54, 1.807) is 7.11 Å². The number of aromatic amines is 1. The van der Waals surface area contributed by atoms with Crippen LogP contribution in [0.4, 0.5) is 0 Å². The van der Waals surface area contributed by atoms with E-state index in [9.17, 15) is 0 Å². The topological polar surface area (TPSA) is 56.4 Å². The number of fused-ring (bicyclic) bond motifs is 1. The van der Waals surface area contributed by atoms with Gasteiger partial charge in [0, 0.05) is 24.6 Å². The first kappa shape index (κ1) is 17.8. The number of nitrogens with zero attached hydrogens (tertiary/aromatic N) is 1. The molecule has 5 heteroatoms. The third-order valence-electron chi connectivity index (χ3n) is 4.18. The molecule has 0 amide bonds. The molecule has 0 aliphatic carbocycles. The van der Waals surface area contributed by atoms with Gasteiger partial charge in [-0.15, -0.1) is 0 Å². The highest BCUT2D eigenvalue weighted by atomic mass is 16.7. The average molecular weight is 372 g/mol. The van der Waals surface area contributed by atoms with E-state index in [1.807, 2.05) is 72.8 Å². The van der Waals surface area contributed by atoms with Crippen LogP contribution in [0.15, 0.2) is 72.8 Å². The normalized spacial score (nSPS) is 11.2. The number of aromatic nitrogens is 2. The molecule has 1 heterocycles. The SMILES string of the molecule is COCOc1cccc(Oc2ccc3c(C=Cc4ccccc4)n[nH]c3c2)c1. The second kappa shape index (κ2) is 8.41. The van der Waals surface area contributed by atoms with Crippen molar-refractivity contribution >= 4 is 23.1 Å². The van der Waals surface area contributed by atoms with Crippen LogP contribution < -0.4 is 9.47 Å². The Morgan fingerprint density at radius 3 is 2.54 bits per heavy atom. The highest BCUT2D eigenvalue weighted by Crippen LogP contribution is 2.28. The zero-order valence-corrected chi connectivity index (χ0v) is 15.5. The van der Waals surface area contributed by atoms with Crippen LogP contribution in [-0.4, -0.2) is 24.1 Å². The highest BCUT2D eigenvalue weighted by molar-refractivity contribution is 5.90. The monoisotopic (exact) mass is 372 g/mol. The molecule has 0 unspecified atom stereocenters. The largest absolute Gasteiger partial charge is 0.467 e. The van der Waals surface area contributed by atoms with E-state index in [-0.39, 0.29) is 6.79 Å². The Kier molecular flexibility index (Phi) is 5.36. The fourth-order valence-electron chi connectivity index (χ4n) is 2.84. The van der Waals surface area contributed by atoms with Crippen LogP contribution in [0.2, 0.25) is 0 Å². The molecule has 3 aromatic carbocycles. The number of benzene rings is 3. The number of rotatable bonds is 7. The summed E-state index contributed by atoms with van der Waals surface area (Å²) in [5.41, 5.74) is 2.94. The minimum absolute atomic E-state index is 0.197. The van der Waals surface area contributed by atoms with Crippen LogP contribution in [0.25, 0.3) is 23.1 Å². The fourth-order valence-corrected chi connectivity index (χ4v) is 2.84. The van der Waals surface area contributed by atoms with Gasteiger partial charge >= 0.3 is 0 Å². The summed E-state index contributed by atoms with van der Waals surface area (Å²) >= 11 is 0. The lowest BCUT2D eigenvalue weighted by Gasteiger charge is -2.08.